The molecule has 98 valence electrons. The van der Waals surface area contributed by atoms with Crippen molar-refractivity contribution in [3.8, 4) is 0 Å². The summed E-state index contributed by atoms with van der Waals surface area (Å²) in [5.41, 5.74) is 2.24. The Kier molecular flexibility index (Phi) is 4.63. The van der Waals surface area contributed by atoms with Crippen LogP contribution in [0.2, 0.25) is 0 Å². The van der Waals surface area contributed by atoms with Gasteiger partial charge in [0, 0.05) is 4.90 Å². The van der Waals surface area contributed by atoms with Crippen LogP contribution in [0.4, 0.5) is 0 Å². The van der Waals surface area contributed by atoms with Gasteiger partial charge >= 0.3 is 5.97 Å². The van der Waals surface area contributed by atoms with Crippen molar-refractivity contribution >= 4 is 17.7 Å². The average Bonchev–Trinajstić information content (AvgIpc) is 2.41. The van der Waals surface area contributed by atoms with Gasteiger partial charge in [-0.05, 0) is 36.6 Å². The summed E-state index contributed by atoms with van der Waals surface area (Å²) in [6.07, 6.45) is 0.543. The third-order valence-corrected chi connectivity index (χ3v) is 4.16. The maximum absolute atomic E-state index is 11.4. The molecule has 0 heterocycles. The first kappa shape index (κ1) is 13.7. The van der Waals surface area contributed by atoms with E-state index in [9.17, 15) is 9.90 Å². The first-order valence-corrected chi connectivity index (χ1v) is 7.04. The predicted octanol–water partition coefficient (Wildman–Crippen LogP) is 3.78. The summed E-state index contributed by atoms with van der Waals surface area (Å²) >= 11 is 1.40. The van der Waals surface area contributed by atoms with Gasteiger partial charge in [0.1, 0.15) is 5.25 Å². The second kappa shape index (κ2) is 6.43. The van der Waals surface area contributed by atoms with E-state index >= 15 is 0 Å². The van der Waals surface area contributed by atoms with Gasteiger partial charge in [0.2, 0.25) is 0 Å². The molecule has 2 aromatic rings. The predicted molar refractivity (Wildman–Crippen MR) is 78.6 cm³/mol. The molecule has 2 nitrogen and oxygen atoms in total. The number of carbonyl (C=O) groups is 1. The summed E-state index contributed by atoms with van der Waals surface area (Å²) in [4.78, 5) is 12.4. The first-order valence-electron chi connectivity index (χ1n) is 6.16. The van der Waals surface area contributed by atoms with Gasteiger partial charge in [-0.15, -0.1) is 11.8 Å². The fourth-order valence-electron chi connectivity index (χ4n) is 1.88. The van der Waals surface area contributed by atoms with E-state index in [1.54, 1.807) is 0 Å². The molecule has 0 saturated carbocycles. The number of benzene rings is 2. The third kappa shape index (κ3) is 3.86. The van der Waals surface area contributed by atoms with Crippen LogP contribution in [-0.4, -0.2) is 16.3 Å². The van der Waals surface area contributed by atoms with Crippen LogP contribution in [0.1, 0.15) is 11.1 Å². The van der Waals surface area contributed by atoms with Gasteiger partial charge in [0.05, 0.1) is 0 Å². The van der Waals surface area contributed by atoms with E-state index in [0.717, 1.165) is 16.0 Å². The molecule has 0 aliphatic heterocycles. The summed E-state index contributed by atoms with van der Waals surface area (Å²) in [7, 11) is 0. The van der Waals surface area contributed by atoms with Gasteiger partial charge in [-0.2, -0.15) is 0 Å². The van der Waals surface area contributed by atoms with Crippen molar-refractivity contribution in [3.05, 3.63) is 65.7 Å². The van der Waals surface area contributed by atoms with E-state index in [1.165, 1.54) is 11.8 Å². The summed E-state index contributed by atoms with van der Waals surface area (Å²) < 4.78 is 0. The molecule has 1 N–H and O–H groups in total. The highest BCUT2D eigenvalue weighted by Gasteiger charge is 2.20. The Hall–Kier alpha value is -1.74. The molecule has 0 bridgehead atoms. The second-order valence-corrected chi connectivity index (χ2v) is 5.66. The fraction of sp³-hybridized carbons (Fsp3) is 0.188. The molecule has 0 saturated heterocycles. The van der Waals surface area contributed by atoms with Crippen LogP contribution in [0, 0.1) is 6.92 Å². The molecule has 0 amide bonds. The normalized spacial score (nSPS) is 12.1. The lowest BCUT2D eigenvalue weighted by Crippen LogP contribution is -2.19. The van der Waals surface area contributed by atoms with E-state index in [1.807, 2.05) is 61.5 Å². The minimum atomic E-state index is -0.767. The van der Waals surface area contributed by atoms with E-state index in [4.69, 9.17) is 0 Å². The first-order chi connectivity index (χ1) is 9.16. The number of aliphatic carboxylic acids is 1. The third-order valence-electron chi connectivity index (χ3n) is 2.96. The zero-order chi connectivity index (χ0) is 13.7. The zero-order valence-electron chi connectivity index (χ0n) is 10.7. The van der Waals surface area contributed by atoms with Gasteiger partial charge in [-0.3, -0.25) is 4.79 Å². The average molecular weight is 272 g/mol. The summed E-state index contributed by atoms with van der Waals surface area (Å²) in [5, 5.41) is 8.91. The Morgan fingerprint density at radius 2 is 1.74 bits per heavy atom. The molecule has 2 rings (SSSR count). The van der Waals surface area contributed by atoms with Crippen LogP contribution in [-0.2, 0) is 11.2 Å². The molecule has 0 aliphatic carbocycles. The van der Waals surface area contributed by atoms with E-state index in [0.29, 0.717) is 6.42 Å². The minimum Gasteiger partial charge on any atom is -0.480 e. The number of aryl methyl sites for hydroxylation is 1. The molecule has 1 atom stereocenters. The zero-order valence-corrected chi connectivity index (χ0v) is 11.6. The molecular weight excluding hydrogens is 256 g/mol. The van der Waals surface area contributed by atoms with Crippen LogP contribution in [0.15, 0.2) is 59.5 Å². The van der Waals surface area contributed by atoms with E-state index < -0.39 is 11.2 Å². The second-order valence-electron chi connectivity index (χ2n) is 4.39. The Morgan fingerprint density at radius 3 is 2.37 bits per heavy atom. The van der Waals surface area contributed by atoms with Gasteiger partial charge in [0.15, 0.2) is 0 Å². The molecule has 0 aliphatic rings. The van der Waals surface area contributed by atoms with Crippen LogP contribution in [0.3, 0.4) is 0 Å². The molecule has 0 radical (unpaired) electrons. The lowest BCUT2D eigenvalue weighted by Gasteiger charge is -2.13. The number of thioether (sulfide) groups is 1. The SMILES string of the molecule is Cc1ccccc1C[C@@H](Sc1ccccc1)C(=O)O. The summed E-state index contributed by atoms with van der Waals surface area (Å²) in [6, 6.07) is 17.6. The lowest BCUT2D eigenvalue weighted by atomic mass is 10.0. The molecule has 0 fully saturated rings. The smallest absolute Gasteiger partial charge is 0.317 e. The highest BCUT2D eigenvalue weighted by Crippen LogP contribution is 2.26. The van der Waals surface area contributed by atoms with E-state index in [-0.39, 0.29) is 0 Å². The molecular formula is C16H16O2S. The van der Waals surface area contributed by atoms with Crippen molar-refractivity contribution in [2.75, 3.05) is 0 Å². The Bertz CT molecular complexity index is 552. The van der Waals surface area contributed by atoms with Gasteiger partial charge in [-0.1, -0.05) is 42.5 Å². The largest absolute Gasteiger partial charge is 0.480 e. The molecule has 0 unspecified atom stereocenters. The van der Waals surface area contributed by atoms with Gasteiger partial charge in [0.25, 0.3) is 0 Å². The highest BCUT2D eigenvalue weighted by molar-refractivity contribution is 8.00. The molecule has 0 aromatic heterocycles. The highest BCUT2D eigenvalue weighted by atomic mass is 32.2. The van der Waals surface area contributed by atoms with Crippen molar-refractivity contribution in [3.63, 3.8) is 0 Å². The number of hydrogen-bond donors (Lipinski definition) is 1. The quantitative estimate of drug-likeness (QED) is 0.842. The number of rotatable bonds is 5. The Labute approximate surface area is 117 Å². The monoisotopic (exact) mass is 272 g/mol. The minimum absolute atomic E-state index is 0.455. The molecule has 2 aromatic carbocycles. The van der Waals surface area contributed by atoms with Crippen molar-refractivity contribution in [2.45, 2.75) is 23.5 Å². The molecule has 19 heavy (non-hydrogen) atoms. The van der Waals surface area contributed by atoms with Gasteiger partial charge < -0.3 is 5.11 Å². The maximum Gasteiger partial charge on any atom is 0.317 e. The van der Waals surface area contributed by atoms with Crippen molar-refractivity contribution in [1.82, 2.24) is 0 Å². The Morgan fingerprint density at radius 1 is 1.11 bits per heavy atom. The van der Waals surface area contributed by atoms with Crippen LogP contribution in [0.25, 0.3) is 0 Å². The number of hydrogen-bond acceptors (Lipinski definition) is 2. The van der Waals surface area contributed by atoms with Gasteiger partial charge in [-0.25, -0.2) is 0 Å². The van der Waals surface area contributed by atoms with Crippen molar-refractivity contribution in [2.24, 2.45) is 0 Å². The summed E-state index contributed by atoms with van der Waals surface area (Å²) in [5.74, 6) is -0.767. The van der Waals surface area contributed by atoms with E-state index in [2.05, 4.69) is 0 Å². The number of carboxylic acids is 1. The Balaban J connectivity index is 2.13. The number of carboxylic acid groups (broad SMARTS) is 1. The summed E-state index contributed by atoms with van der Waals surface area (Å²) in [6.45, 7) is 2.02. The topological polar surface area (TPSA) is 37.3 Å². The standard InChI is InChI=1S/C16H16O2S/c1-12-7-5-6-8-13(12)11-15(16(17)18)19-14-9-3-2-4-10-14/h2-10,15H,11H2,1H3,(H,17,18)/t15-/m1/s1. The van der Waals surface area contributed by atoms with Crippen LogP contribution < -0.4 is 0 Å². The van der Waals surface area contributed by atoms with Crippen molar-refractivity contribution in [1.29, 1.82) is 0 Å². The molecule has 0 spiro atoms. The van der Waals surface area contributed by atoms with Crippen LogP contribution in [0.5, 0.6) is 0 Å². The maximum atomic E-state index is 11.4. The lowest BCUT2D eigenvalue weighted by molar-refractivity contribution is -0.136. The fourth-order valence-corrected chi connectivity index (χ4v) is 2.89. The van der Waals surface area contributed by atoms with Crippen LogP contribution >= 0.6 is 11.8 Å². The molecule has 3 heteroatoms. The van der Waals surface area contributed by atoms with Crippen molar-refractivity contribution < 1.29 is 9.90 Å².